The lowest BCUT2D eigenvalue weighted by atomic mass is 10.0. The van der Waals surface area contributed by atoms with Crippen LogP contribution in [0.5, 0.6) is 0 Å². The first-order valence-corrected chi connectivity index (χ1v) is 30.1. The lowest BCUT2D eigenvalue weighted by Gasteiger charge is -2.30. The van der Waals surface area contributed by atoms with E-state index in [-0.39, 0.29) is 31.5 Å². The van der Waals surface area contributed by atoms with Gasteiger partial charge in [-0.05, 0) is 57.4 Å². The molecule has 3 unspecified atom stereocenters. The average Bonchev–Trinajstić information content (AvgIpc) is 3.28. The molecule has 0 aliphatic rings. The lowest BCUT2D eigenvalue weighted by molar-refractivity contribution is -0.870. The molecule has 1 N–H and O–H groups in total. The second-order valence-electron chi connectivity index (χ2n) is 20.8. The van der Waals surface area contributed by atoms with Crippen molar-refractivity contribution in [2.75, 3.05) is 40.9 Å². The van der Waals surface area contributed by atoms with Crippen molar-refractivity contribution in [1.29, 1.82) is 0 Å². The molecule has 3 atom stereocenters. The van der Waals surface area contributed by atoms with Gasteiger partial charge in [-0.15, -0.1) is 0 Å². The van der Waals surface area contributed by atoms with Crippen LogP contribution in [0.15, 0.2) is 24.3 Å². The van der Waals surface area contributed by atoms with Gasteiger partial charge in [0.05, 0.1) is 33.8 Å². The minimum Gasteiger partial charge on any atom is -0.756 e. The summed E-state index contributed by atoms with van der Waals surface area (Å²) >= 11 is 0. The molecule has 10 heteroatoms. The molecule has 0 aromatic heterocycles. The van der Waals surface area contributed by atoms with Crippen LogP contribution >= 0.6 is 7.82 Å². The number of nitrogens with one attached hydrogen (secondary N) is 1. The van der Waals surface area contributed by atoms with Gasteiger partial charge >= 0.3 is 5.97 Å². The maximum atomic E-state index is 13.4. The number of likely N-dealkylation sites (N-methyl/N-ethyl adjacent to an activating group) is 1. The topological polar surface area (TPSA) is 114 Å². The summed E-state index contributed by atoms with van der Waals surface area (Å²) in [5, 5.41) is 3.01. The Morgan fingerprint density at radius 3 is 1.28 bits per heavy atom. The number of nitrogens with zero attached hydrogens (tertiary/aromatic N) is 1. The highest BCUT2D eigenvalue weighted by atomic mass is 31.2. The molecular weight excluding hydrogens is 856 g/mol. The summed E-state index contributed by atoms with van der Waals surface area (Å²) < 4.78 is 30.2. The molecule has 0 bridgehead atoms. The summed E-state index contributed by atoms with van der Waals surface area (Å²) in [6, 6.07) is -0.889. The molecule has 0 fully saturated rings. The SMILES string of the molecule is CCCCCCCC/C=C\CCCCCC(=O)NC(COP(=O)([O-])OCC[N+](C)(C)C)C(/C=C/CCCCCCCCCCCCC)OC(=O)CCCCCCCCCCCCCCCCC. The fraction of sp³-hybridized carbons (Fsp3) is 0.895. The number of hydrogen-bond donors (Lipinski definition) is 1. The van der Waals surface area contributed by atoms with E-state index in [0.717, 1.165) is 70.6 Å². The van der Waals surface area contributed by atoms with E-state index >= 15 is 0 Å². The van der Waals surface area contributed by atoms with E-state index in [4.69, 9.17) is 13.8 Å². The number of ether oxygens (including phenoxy) is 1. The smallest absolute Gasteiger partial charge is 0.306 e. The van der Waals surface area contributed by atoms with Crippen LogP contribution in [-0.4, -0.2) is 69.4 Å². The molecule has 0 rings (SSSR count). The van der Waals surface area contributed by atoms with E-state index in [0.29, 0.717) is 17.4 Å². The zero-order chi connectivity index (χ0) is 49.4. The zero-order valence-corrected chi connectivity index (χ0v) is 46.0. The van der Waals surface area contributed by atoms with Gasteiger partial charge in [0, 0.05) is 12.8 Å². The zero-order valence-electron chi connectivity index (χ0n) is 45.1. The summed E-state index contributed by atoms with van der Waals surface area (Å²) in [6.07, 6.45) is 54.2. The summed E-state index contributed by atoms with van der Waals surface area (Å²) in [6.45, 7) is 6.84. The molecule has 0 saturated carbocycles. The highest BCUT2D eigenvalue weighted by molar-refractivity contribution is 7.45. The number of phosphoric ester groups is 1. The molecule has 9 nitrogen and oxygen atoms in total. The number of esters is 1. The number of carbonyl (C=O) groups excluding carboxylic acids is 2. The van der Waals surface area contributed by atoms with Gasteiger partial charge in [-0.2, -0.15) is 0 Å². The Morgan fingerprint density at radius 2 is 0.866 bits per heavy atom. The maximum Gasteiger partial charge on any atom is 0.306 e. The van der Waals surface area contributed by atoms with Crippen molar-refractivity contribution in [3.05, 3.63) is 24.3 Å². The molecular formula is C57H111N2O7P. The van der Waals surface area contributed by atoms with E-state index < -0.39 is 20.0 Å². The minimum absolute atomic E-state index is 0.0218. The van der Waals surface area contributed by atoms with Crippen LogP contribution in [0.25, 0.3) is 0 Å². The number of hydrogen-bond acceptors (Lipinski definition) is 7. The average molecular weight is 967 g/mol. The highest BCUT2D eigenvalue weighted by Crippen LogP contribution is 2.38. The molecule has 0 heterocycles. The Bertz CT molecular complexity index is 1210. The van der Waals surface area contributed by atoms with Gasteiger partial charge in [-0.3, -0.25) is 14.2 Å². The number of phosphoric acid groups is 1. The van der Waals surface area contributed by atoms with Crippen molar-refractivity contribution in [1.82, 2.24) is 5.32 Å². The lowest BCUT2D eigenvalue weighted by Crippen LogP contribution is -2.47. The summed E-state index contributed by atoms with van der Waals surface area (Å²) in [7, 11) is 1.19. The molecule has 0 aliphatic heterocycles. The summed E-state index contributed by atoms with van der Waals surface area (Å²) in [5.41, 5.74) is 0. The molecule has 0 aliphatic carbocycles. The second kappa shape index (κ2) is 48.1. The fourth-order valence-corrected chi connectivity index (χ4v) is 9.12. The normalized spacial score (nSPS) is 14.0. The quantitative estimate of drug-likeness (QED) is 0.0212. The molecule has 0 aromatic carbocycles. The monoisotopic (exact) mass is 967 g/mol. The van der Waals surface area contributed by atoms with Crippen LogP contribution in [0.1, 0.15) is 278 Å². The Morgan fingerprint density at radius 1 is 0.507 bits per heavy atom. The minimum atomic E-state index is -4.69. The molecule has 0 radical (unpaired) electrons. The largest absolute Gasteiger partial charge is 0.756 e. The number of rotatable bonds is 52. The van der Waals surface area contributed by atoms with Crippen LogP contribution < -0.4 is 10.2 Å². The first-order valence-electron chi connectivity index (χ1n) is 28.6. The third kappa shape index (κ3) is 49.3. The highest BCUT2D eigenvalue weighted by Gasteiger charge is 2.27. The van der Waals surface area contributed by atoms with Crippen molar-refractivity contribution in [3.63, 3.8) is 0 Å². The molecule has 0 aromatic rings. The van der Waals surface area contributed by atoms with Crippen LogP contribution in [0.3, 0.4) is 0 Å². The number of quaternary nitrogens is 1. The van der Waals surface area contributed by atoms with E-state index in [9.17, 15) is 19.0 Å². The first kappa shape index (κ1) is 65.5. The van der Waals surface area contributed by atoms with Crippen molar-refractivity contribution in [2.45, 2.75) is 290 Å². The number of allylic oxidation sites excluding steroid dienone is 3. The van der Waals surface area contributed by atoms with Crippen LogP contribution in [-0.2, 0) is 27.9 Å². The van der Waals surface area contributed by atoms with Gasteiger partial charge in [-0.1, -0.05) is 232 Å². The standard InChI is InChI=1S/C57H111N2O7P/c1-7-10-13-16-19-22-25-28-29-32-35-38-41-44-47-50-57(61)66-55(48-45-42-39-36-33-30-26-23-20-17-14-11-8-2)54(53-65-67(62,63)64-52-51-59(4,5)6)58-56(60)49-46-43-40-37-34-31-27-24-21-18-15-12-9-3/h31,34,45,48,54-55H,7-30,32-33,35-44,46-47,49-53H2,1-6H3,(H-,58,60,62,63)/b34-31-,48-45+. The van der Waals surface area contributed by atoms with Gasteiger partial charge in [0.25, 0.3) is 7.82 Å². The van der Waals surface area contributed by atoms with E-state index in [1.165, 1.54) is 173 Å². The molecule has 0 saturated heterocycles. The predicted molar refractivity (Wildman–Crippen MR) is 284 cm³/mol. The van der Waals surface area contributed by atoms with Gasteiger partial charge in [-0.25, -0.2) is 0 Å². The van der Waals surface area contributed by atoms with E-state index in [1.807, 2.05) is 33.3 Å². The maximum absolute atomic E-state index is 13.4. The van der Waals surface area contributed by atoms with Crippen molar-refractivity contribution >= 4 is 19.7 Å². The first-order chi connectivity index (χ1) is 32.4. The van der Waals surface area contributed by atoms with Gasteiger partial charge in [0.2, 0.25) is 5.91 Å². The molecule has 396 valence electrons. The van der Waals surface area contributed by atoms with E-state index in [1.54, 1.807) is 0 Å². The van der Waals surface area contributed by atoms with E-state index in [2.05, 4.69) is 38.2 Å². The van der Waals surface area contributed by atoms with Gasteiger partial charge in [0.15, 0.2) is 0 Å². The van der Waals surface area contributed by atoms with Crippen molar-refractivity contribution in [2.24, 2.45) is 0 Å². The Balaban J connectivity index is 5.37. The fourth-order valence-electron chi connectivity index (χ4n) is 8.40. The number of amides is 1. The molecule has 67 heavy (non-hydrogen) atoms. The third-order valence-electron chi connectivity index (χ3n) is 12.9. The Kier molecular flexibility index (Phi) is 47.0. The second-order valence-corrected chi connectivity index (χ2v) is 22.2. The Hall–Kier alpha value is -1.51. The van der Waals surface area contributed by atoms with Crippen LogP contribution in [0, 0.1) is 0 Å². The summed E-state index contributed by atoms with van der Waals surface area (Å²) in [4.78, 5) is 39.8. The number of unbranched alkanes of at least 4 members (excludes halogenated alkanes) is 34. The van der Waals surface area contributed by atoms with Crippen LogP contribution in [0.4, 0.5) is 0 Å². The van der Waals surface area contributed by atoms with Gasteiger partial charge < -0.3 is 28.5 Å². The number of carbonyl (C=O) groups is 2. The molecule has 1 amide bonds. The van der Waals surface area contributed by atoms with Crippen molar-refractivity contribution < 1.29 is 37.3 Å². The third-order valence-corrected chi connectivity index (χ3v) is 13.8. The Labute approximate surface area is 415 Å². The van der Waals surface area contributed by atoms with Gasteiger partial charge in [0.1, 0.15) is 19.3 Å². The van der Waals surface area contributed by atoms with Crippen molar-refractivity contribution in [3.8, 4) is 0 Å². The predicted octanol–water partition coefficient (Wildman–Crippen LogP) is 16.4. The molecule has 0 spiro atoms. The van der Waals surface area contributed by atoms with Crippen LogP contribution in [0.2, 0.25) is 0 Å². The summed E-state index contributed by atoms with van der Waals surface area (Å²) in [5.74, 6) is -0.548.